The Bertz CT molecular complexity index is 439. The number of hydrogen-bond donors (Lipinski definition) is 0. The van der Waals surface area contributed by atoms with Crippen molar-refractivity contribution in [1.29, 1.82) is 0 Å². The van der Waals surface area contributed by atoms with Crippen LogP contribution in [0.1, 0.15) is 5.56 Å². The van der Waals surface area contributed by atoms with Gasteiger partial charge >= 0.3 is 0 Å². The maximum Gasteiger partial charge on any atom is 0.170 e. The molecule has 0 unspecified atom stereocenters. The summed E-state index contributed by atoms with van der Waals surface area (Å²) in [5.74, 6) is 0.825. The van der Waals surface area contributed by atoms with E-state index in [0.717, 1.165) is 16.0 Å². The van der Waals surface area contributed by atoms with Crippen molar-refractivity contribution in [3.8, 4) is 5.75 Å². The standard InChI is InChI=1S/C11H11IN2O/c1-15-10-8-14(13-11(10)12)7-9-5-3-2-4-6-9/h2-6,8H,7H2,1H3. The molecule has 0 spiro atoms. The largest absolute Gasteiger partial charge is 0.492 e. The Hall–Kier alpha value is -1.04. The highest BCUT2D eigenvalue weighted by molar-refractivity contribution is 14.1. The van der Waals surface area contributed by atoms with E-state index in [1.54, 1.807) is 7.11 Å². The van der Waals surface area contributed by atoms with Crippen molar-refractivity contribution in [3.63, 3.8) is 0 Å². The average molecular weight is 314 g/mol. The number of hydrogen-bond acceptors (Lipinski definition) is 2. The van der Waals surface area contributed by atoms with Crippen molar-refractivity contribution in [2.24, 2.45) is 0 Å². The summed E-state index contributed by atoms with van der Waals surface area (Å²) in [4.78, 5) is 0. The first-order chi connectivity index (χ1) is 7.29. The minimum Gasteiger partial charge on any atom is -0.492 e. The number of halogens is 1. The van der Waals surface area contributed by atoms with Crippen molar-refractivity contribution in [3.05, 3.63) is 45.8 Å². The summed E-state index contributed by atoms with van der Waals surface area (Å²) in [5.41, 5.74) is 1.24. The van der Waals surface area contributed by atoms with Gasteiger partial charge in [-0.15, -0.1) is 0 Å². The summed E-state index contributed by atoms with van der Waals surface area (Å²) in [7, 11) is 1.66. The molecule has 15 heavy (non-hydrogen) atoms. The molecule has 0 aliphatic heterocycles. The molecule has 1 aromatic carbocycles. The van der Waals surface area contributed by atoms with Crippen LogP contribution in [0.4, 0.5) is 0 Å². The molecular formula is C11H11IN2O. The summed E-state index contributed by atoms with van der Waals surface area (Å²) >= 11 is 2.17. The molecule has 0 atom stereocenters. The number of ether oxygens (including phenoxy) is 1. The molecule has 2 aromatic rings. The van der Waals surface area contributed by atoms with Gasteiger partial charge in [0.1, 0.15) is 0 Å². The van der Waals surface area contributed by atoms with E-state index in [9.17, 15) is 0 Å². The monoisotopic (exact) mass is 314 g/mol. The van der Waals surface area contributed by atoms with Gasteiger partial charge in [-0.1, -0.05) is 30.3 Å². The quantitative estimate of drug-likeness (QED) is 0.814. The van der Waals surface area contributed by atoms with Crippen molar-refractivity contribution in [1.82, 2.24) is 9.78 Å². The van der Waals surface area contributed by atoms with E-state index >= 15 is 0 Å². The molecule has 1 aromatic heterocycles. The second kappa shape index (κ2) is 4.65. The Balaban J connectivity index is 2.18. The van der Waals surface area contributed by atoms with E-state index in [1.165, 1.54) is 5.56 Å². The van der Waals surface area contributed by atoms with Gasteiger partial charge in [-0.05, 0) is 28.2 Å². The highest BCUT2D eigenvalue weighted by Gasteiger charge is 2.05. The van der Waals surface area contributed by atoms with Gasteiger partial charge in [0, 0.05) is 0 Å². The first kappa shape index (κ1) is 10.5. The predicted molar refractivity (Wildman–Crippen MR) is 67.0 cm³/mol. The van der Waals surface area contributed by atoms with Crippen LogP contribution in [0.15, 0.2) is 36.5 Å². The molecule has 0 aliphatic rings. The van der Waals surface area contributed by atoms with E-state index in [1.807, 2.05) is 29.1 Å². The maximum absolute atomic E-state index is 5.17. The van der Waals surface area contributed by atoms with E-state index < -0.39 is 0 Å². The zero-order valence-corrected chi connectivity index (χ0v) is 10.5. The van der Waals surface area contributed by atoms with Gasteiger partial charge < -0.3 is 4.74 Å². The number of benzene rings is 1. The molecule has 3 nitrogen and oxygen atoms in total. The van der Waals surface area contributed by atoms with E-state index in [4.69, 9.17) is 4.74 Å². The van der Waals surface area contributed by atoms with Crippen molar-refractivity contribution in [2.75, 3.05) is 7.11 Å². The Kier molecular flexibility index (Phi) is 3.25. The summed E-state index contributed by atoms with van der Waals surface area (Å²) in [5, 5.41) is 4.36. The highest BCUT2D eigenvalue weighted by atomic mass is 127. The minimum atomic E-state index is 0.778. The smallest absolute Gasteiger partial charge is 0.170 e. The second-order valence-corrected chi connectivity index (χ2v) is 4.19. The topological polar surface area (TPSA) is 27.1 Å². The third kappa shape index (κ3) is 2.50. The predicted octanol–water partition coefficient (Wildman–Crippen LogP) is 2.54. The molecule has 0 saturated heterocycles. The lowest BCUT2D eigenvalue weighted by molar-refractivity contribution is 0.411. The van der Waals surface area contributed by atoms with E-state index in [-0.39, 0.29) is 0 Å². The Morgan fingerprint density at radius 2 is 2.07 bits per heavy atom. The molecule has 0 N–H and O–H groups in total. The van der Waals surface area contributed by atoms with E-state index in [2.05, 4.69) is 39.8 Å². The van der Waals surface area contributed by atoms with Gasteiger partial charge in [-0.2, -0.15) is 5.10 Å². The van der Waals surface area contributed by atoms with Crippen LogP contribution in [0.2, 0.25) is 0 Å². The van der Waals surface area contributed by atoms with Gasteiger partial charge in [0.2, 0.25) is 0 Å². The molecule has 1 heterocycles. The lowest BCUT2D eigenvalue weighted by Gasteiger charge is -2.00. The zero-order valence-electron chi connectivity index (χ0n) is 8.35. The molecule has 0 amide bonds. The first-order valence-corrected chi connectivity index (χ1v) is 5.68. The molecule has 0 bridgehead atoms. The van der Waals surface area contributed by atoms with Crippen LogP contribution in [0.5, 0.6) is 5.75 Å². The summed E-state index contributed by atoms with van der Waals surface area (Å²) in [6.45, 7) is 0.778. The van der Waals surface area contributed by atoms with Gasteiger partial charge in [0.15, 0.2) is 9.45 Å². The fraction of sp³-hybridized carbons (Fsp3) is 0.182. The summed E-state index contributed by atoms with van der Waals surface area (Å²) in [6, 6.07) is 10.2. The number of rotatable bonds is 3. The van der Waals surface area contributed by atoms with Gasteiger partial charge in [0.05, 0.1) is 19.9 Å². The number of nitrogens with zero attached hydrogens (tertiary/aromatic N) is 2. The third-order valence-corrected chi connectivity index (χ3v) is 2.84. The molecule has 0 radical (unpaired) electrons. The van der Waals surface area contributed by atoms with Crippen LogP contribution in [-0.2, 0) is 6.54 Å². The van der Waals surface area contributed by atoms with Crippen LogP contribution >= 0.6 is 22.6 Å². The zero-order chi connectivity index (χ0) is 10.7. The van der Waals surface area contributed by atoms with Crippen LogP contribution in [-0.4, -0.2) is 16.9 Å². The summed E-state index contributed by atoms with van der Waals surface area (Å²) < 4.78 is 7.95. The Labute approximate surface area is 102 Å². The minimum absolute atomic E-state index is 0.778. The molecule has 4 heteroatoms. The highest BCUT2D eigenvalue weighted by Crippen LogP contribution is 2.18. The fourth-order valence-corrected chi connectivity index (χ4v) is 2.00. The SMILES string of the molecule is COc1cn(Cc2ccccc2)nc1I. The van der Waals surface area contributed by atoms with Crippen molar-refractivity contribution in [2.45, 2.75) is 6.54 Å². The summed E-state index contributed by atoms with van der Waals surface area (Å²) in [6.07, 6.45) is 1.91. The van der Waals surface area contributed by atoms with Gasteiger partial charge in [-0.25, -0.2) is 0 Å². The fourth-order valence-electron chi connectivity index (χ4n) is 1.37. The normalized spacial score (nSPS) is 10.3. The average Bonchev–Trinajstić information content (AvgIpc) is 2.60. The molecule has 2 rings (SSSR count). The number of methoxy groups -OCH3 is 1. The number of aromatic nitrogens is 2. The van der Waals surface area contributed by atoms with Crippen LogP contribution in [0.25, 0.3) is 0 Å². The van der Waals surface area contributed by atoms with Gasteiger partial charge in [-0.3, -0.25) is 4.68 Å². The van der Waals surface area contributed by atoms with Gasteiger partial charge in [0.25, 0.3) is 0 Å². The van der Waals surface area contributed by atoms with Crippen molar-refractivity contribution >= 4 is 22.6 Å². The second-order valence-electron chi connectivity index (χ2n) is 3.17. The van der Waals surface area contributed by atoms with Crippen LogP contribution < -0.4 is 4.74 Å². The Morgan fingerprint density at radius 1 is 1.33 bits per heavy atom. The molecule has 78 valence electrons. The molecular weight excluding hydrogens is 303 g/mol. The van der Waals surface area contributed by atoms with E-state index in [0.29, 0.717) is 0 Å². The molecule has 0 aliphatic carbocycles. The third-order valence-electron chi connectivity index (χ3n) is 2.09. The van der Waals surface area contributed by atoms with Crippen LogP contribution in [0, 0.1) is 3.70 Å². The lowest BCUT2D eigenvalue weighted by atomic mass is 10.2. The maximum atomic E-state index is 5.17. The molecule has 0 saturated carbocycles. The Morgan fingerprint density at radius 3 is 2.67 bits per heavy atom. The van der Waals surface area contributed by atoms with Crippen molar-refractivity contribution < 1.29 is 4.74 Å². The lowest BCUT2D eigenvalue weighted by Crippen LogP contribution is -1.99. The molecule has 0 fully saturated rings. The van der Waals surface area contributed by atoms with Crippen LogP contribution in [0.3, 0.4) is 0 Å². The first-order valence-electron chi connectivity index (χ1n) is 4.60.